The van der Waals surface area contributed by atoms with E-state index < -0.39 is 0 Å². The van der Waals surface area contributed by atoms with E-state index >= 15 is 0 Å². The summed E-state index contributed by atoms with van der Waals surface area (Å²) < 4.78 is 5.95. The summed E-state index contributed by atoms with van der Waals surface area (Å²) in [4.78, 5) is 4.51. The standard InChI is InChI=1S/C17H15NO/c1-13-11-17(15-9-5-6-10-16(15)18-13)19-12-14-7-3-2-4-8-14/h2-11H,12H2,1H3. The van der Waals surface area contributed by atoms with E-state index in [-0.39, 0.29) is 0 Å². The summed E-state index contributed by atoms with van der Waals surface area (Å²) in [5.41, 5.74) is 3.12. The molecule has 0 aliphatic carbocycles. The first kappa shape index (κ1) is 11.7. The molecule has 0 aliphatic heterocycles. The van der Waals surface area contributed by atoms with Crippen LogP contribution in [0.3, 0.4) is 0 Å². The second-order valence-corrected chi connectivity index (χ2v) is 4.55. The summed E-state index contributed by atoms with van der Waals surface area (Å²) in [7, 11) is 0. The zero-order valence-corrected chi connectivity index (χ0v) is 10.8. The van der Waals surface area contributed by atoms with Gasteiger partial charge in [-0.05, 0) is 24.6 Å². The lowest BCUT2D eigenvalue weighted by Crippen LogP contribution is -1.97. The number of fused-ring (bicyclic) bond motifs is 1. The van der Waals surface area contributed by atoms with Crippen LogP contribution in [0.15, 0.2) is 60.7 Å². The fourth-order valence-electron chi connectivity index (χ4n) is 2.12. The highest BCUT2D eigenvalue weighted by molar-refractivity contribution is 5.85. The van der Waals surface area contributed by atoms with Gasteiger partial charge in [0.15, 0.2) is 0 Å². The zero-order chi connectivity index (χ0) is 13.1. The van der Waals surface area contributed by atoms with Gasteiger partial charge in [-0.25, -0.2) is 0 Å². The van der Waals surface area contributed by atoms with Gasteiger partial charge in [0, 0.05) is 17.1 Å². The molecule has 0 saturated heterocycles. The summed E-state index contributed by atoms with van der Waals surface area (Å²) in [5.74, 6) is 0.895. The van der Waals surface area contributed by atoms with E-state index in [1.165, 1.54) is 5.56 Å². The van der Waals surface area contributed by atoms with Gasteiger partial charge >= 0.3 is 0 Å². The molecule has 0 amide bonds. The molecule has 0 spiro atoms. The Hall–Kier alpha value is -2.35. The molecule has 0 radical (unpaired) electrons. The number of para-hydroxylation sites is 1. The maximum absolute atomic E-state index is 5.95. The van der Waals surface area contributed by atoms with Crippen molar-refractivity contribution in [3.63, 3.8) is 0 Å². The van der Waals surface area contributed by atoms with Crippen LogP contribution in [0.25, 0.3) is 10.9 Å². The first-order valence-corrected chi connectivity index (χ1v) is 6.36. The van der Waals surface area contributed by atoms with Crippen molar-refractivity contribution in [1.82, 2.24) is 4.98 Å². The van der Waals surface area contributed by atoms with Crippen molar-refractivity contribution in [3.8, 4) is 5.75 Å². The Kier molecular flexibility index (Phi) is 3.15. The number of hydrogen-bond donors (Lipinski definition) is 0. The highest BCUT2D eigenvalue weighted by Gasteiger charge is 2.04. The van der Waals surface area contributed by atoms with Gasteiger partial charge < -0.3 is 4.74 Å². The monoisotopic (exact) mass is 249 g/mol. The topological polar surface area (TPSA) is 22.1 Å². The molecule has 2 heteroatoms. The normalized spacial score (nSPS) is 10.6. The Balaban J connectivity index is 1.92. The number of benzene rings is 2. The van der Waals surface area contributed by atoms with Crippen LogP contribution in [0.5, 0.6) is 5.75 Å². The van der Waals surface area contributed by atoms with Crippen molar-refractivity contribution >= 4 is 10.9 Å². The van der Waals surface area contributed by atoms with Gasteiger partial charge in [-0.3, -0.25) is 4.98 Å². The van der Waals surface area contributed by atoms with Crippen LogP contribution in [-0.2, 0) is 6.61 Å². The van der Waals surface area contributed by atoms with Crippen molar-refractivity contribution in [2.75, 3.05) is 0 Å². The van der Waals surface area contributed by atoms with Gasteiger partial charge in [-0.1, -0.05) is 42.5 Å². The highest BCUT2D eigenvalue weighted by atomic mass is 16.5. The van der Waals surface area contributed by atoms with E-state index in [1.807, 2.05) is 55.5 Å². The zero-order valence-electron chi connectivity index (χ0n) is 10.8. The van der Waals surface area contributed by atoms with Gasteiger partial charge in [0.05, 0.1) is 5.52 Å². The Labute approximate surface area is 112 Å². The van der Waals surface area contributed by atoms with Crippen LogP contribution in [0.2, 0.25) is 0 Å². The van der Waals surface area contributed by atoms with Crippen LogP contribution >= 0.6 is 0 Å². The number of ether oxygens (including phenoxy) is 1. The van der Waals surface area contributed by atoms with Gasteiger partial charge in [-0.2, -0.15) is 0 Å². The lowest BCUT2D eigenvalue weighted by molar-refractivity contribution is 0.309. The SMILES string of the molecule is Cc1cc(OCc2ccccc2)c2ccccc2n1. The van der Waals surface area contributed by atoms with E-state index in [0.29, 0.717) is 6.61 Å². The Bertz CT molecular complexity index is 692. The quantitative estimate of drug-likeness (QED) is 0.696. The molecule has 3 aromatic rings. The van der Waals surface area contributed by atoms with Crippen LogP contribution in [0.1, 0.15) is 11.3 Å². The lowest BCUT2D eigenvalue weighted by Gasteiger charge is -2.10. The molecule has 3 rings (SSSR count). The summed E-state index contributed by atoms with van der Waals surface area (Å²) >= 11 is 0. The number of pyridine rings is 1. The third-order valence-electron chi connectivity index (χ3n) is 3.04. The van der Waals surface area contributed by atoms with E-state index in [4.69, 9.17) is 4.74 Å². The predicted octanol–water partition coefficient (Wildman–Crippen LogP) is 4.12. The molecule has 1 aromatic heterocycles. The van der Waals surface area contributed by atoms with E-state index in [9.17, 15) is 0 Å². The highest BCUT2D eigenvalue weighted by Crippen LogP contribution is 2.25. The van der Waals surface area contributed by atoms with Crippen molar-refractivity contribution in [2.45, 2.75) is 13.5 Å². The second kappa shape index (κ2) is 5.11. The molecule has 94 valence electrons. The largest absolute Gasteiger partial charge is 0.488 e. The fraction of sp³-hybridized carbons (Fsp3) is 0.118. The Morgan fingerprint density at radius 2 is 1.68 bits per heavy atom. The van der Waals surface area contributed by atoms with Crippen molar-refractivity contribution in [2.24, 2.45) is 0 Å². The lowest BCUT2D eigenvalue weighted by atomic mass is 10.2. The third-order valence-corrected chi connectivity index (χ3v) is 3.04. The van der Waals surface area contributed by atoms with Crippen LogP contribution < -0.4 is 4.74 Å². The molecule has 0 unspecified atom stereocenters. The number of hydrogen-bond acceptors (Lipinski definition) is 2. The number of nitrogens with zero attached hydrogens (tertiary/aromatic N) is 1. The van der Waals surface area contributed by atoms with E-state index in [2.05, 4.69) is 17.1 Å². The molecule has 0 N–H and O–H groups in total. The summed E-state index contributed by atoms with van der Waals surface area (Å²) in [5, 5.41) is 1.06. The van der Waals surface area contributed by atoms with Crippen molar-refractivity contribution < 1.29 is 4.74 Å². The summed E-state index contributed by atoms with van der Waals surface area (Å²) in [6.07, 6.45) is 0. The van der Waals surface area contributed by atoms with Crippen molar-refractivity contribution in [3.05, 3.63) is 71.9 Å². The van der Waals surface area contributed by atoms with Gasteiger partial charge in [-0.15, -0.1) is 0 Å². The van der Waals surface area contributed by atoms with E-state index in [1.54, 1.807) is 0 Å². The Morgan fingerprint density at radius 1 is 0.947 bits per heavy atom. The predicted molar refractivity (Wildman–Crippen MR) is 77.3 cm³/mol. The smallest absolute Gasteiger partial charge is 0.131 e. The first-order chi connectivity index (χ1) is 9.33. The third kappa shape index (κ3) is 2.58. The molecule has 0 aliphatic rings. The minimum Gasteiger partial charge on any atom is -0.488 e. The van der Waals surface area contributed by atoms with Gasteiger partial charge in [0.1, 0.15) is 12.4 Å². The molecule has 0 atom stereocenters. The molecular weight excluding hydrogens is 234 g/mol. The molecule has 1 heterocycles. The maximum atomic E-state index is 5.95. The number of aryl methyl sites for hydroxylation is 1. The van der Waals surface area contributed by atoms with Crippen molar-refractivity contribution in [1.29, 1.82) is 0 Å². The summed E-state index contributed by atoms with van der Waals surface area (Å²) in [6.45, 7) is 2.57. The molecule has 0 fully saturated rings. The van der Waals surface area contributed by atoms with Crippen LogP contribution in [0.4, 0.5) is 0 Å². The number of rotatable bonds is 3. The second-order valence-electron chi connectivity index (χ2n) is 4.55. The molecule has 2 aromatic carbocycles. The molecule has 2 nitrogen and oxygen atoms in total. The minimum absolute atomic E-state index is 0.578. The average Bonchev–Trinajstić information content (AvgIpc) is 2.45. The first-order valence-electron chi connectivity index (χ1n) is 6.36. The molecule has 0 saturated carbocycles. The van der Waals surface area contributed by atoms with Gasteiger partial charge in [0.25, 0.3) is 0 Å². The van der Waals surface area contributed by atoms with Gasteiger partial charge in [0.2, 0.25) is 0 Å². The average molecular weight is 249 g/mol. The Morgan fingerprint density at radius 3 is 2.53 bits per heavy atom. The number of aromatic nitrogens is 1. The fourth-order valence-corrected chi connectivity index (χ4v) is 2.12. The molecule has 19 heavy (non-hydrogen) atoms. The summed E-state index contributed by atoms with van der Waals surface area (Å²) in [6, 6.07) is 20.2. The maximum Gasteiger partial charge on any atom is 0.131 e. The van der Waals surface area contributed by atoms with Crippen LogP contribution in [-0.4, -0.2) is 4.98 Å². The molecule has 0 bridgehead atoms. The minimum atomic E-state index is 0.578. The van der Waals surface area contributed by atoms with Crippen LogP contribution in [0, 0.1) is 6.92 Å². The molecular formula is C17H15NO. The van der Waals surface area contributed by atoms with E-state index in [0.717, 1.165) is 22.3 Å².